The van der Waals surface area contributed by atoms with Crippen LogP contribution in [-0.2, 0) is 6.42 Å². The van der Waals surface area contributed by atoms with Crippen LogP contribution in [0.1, 0.15) is 5.82 Å². The van der Waals surface area contributed by atoms with Crippen LogP contribution in [0.3, 0.4) is 0 Å². The topological polar surface area (TPSA) is 30.7 Å². The number of para-hydroxylation sites is 1. The van der Waals surface area contributed by atoms with Crippen molar-refractivity contribution in [1.29, 1.82) is 0 Å². The van der Waals surface area contributed by atoms with Crippen LogP contribution >= 0.6 is 43.5 Å². The van der Waals surface area contributed by atoms with Crippen molar-refractivity contribution in [2.45, 2.75) is 6.42 Å². The molecular formula is C14H10Br2ClN3. The summed E-state index contributed by atoms with van der Waals surface area (Å²) in [5, 5.41) is 0. The highest BCUT2D eigenvalue weighted by atomic mass is 79.9. The van der Waals surface area contributed by atoms with Gasteiger partial charge in [0.25, 0.3) is 0 Å². The fourth-order valence-corrected chi connectivity index (χ4v) is 3.08. The summed E-state index contributed by atoms with van der Waals surface area (Å²) in [5.74, 6) is 1.43. The summed E-state index contributed by atoms with van der Waals surface area (Å²) in [4.78, 5) is 9.14. The van der Waals surface area contributed by atoms with Crippen molar-refractivity contribution in [3.63, 3.8) is 0 Å². The molecule has 0 spiro atoms. The first-order chi connectivity index (χ1) is 9.70. The third-order valence-corrected chi connectivity index (χ3v) is 4.24. The Balaban J connectivity index is 2.32. The Morgan fingerprint density at radius 2 is 2.00 bits per heavy atom. The number of alkyl halides is 1. The monoisotopic (exact) mass is 413 g/mol. The van der Waals surface area contributed by atoms with Crippen LogP contribution in [0.4, 0.5) is 0 Å². The maximum absolute atomic E-state index is 5.90. The number of nitrogens with zero attached hydrogens (tertiary/aromatic N) is 3. The maximum atomic E-state index is 5.90. The molecule has 20 heavy (non-hydrogen) atoms. The van der Waals surface area contributed by atoms with E-state index in [0.717, 1.165) is 31.6 Å². The Morgan fingerprint density at radius 1 is 1.20 bits per heavy atom. The molecule has 6 heteroatoms. The van der Waals surface area contributed by atoms with E-state index in [1.807, 2.05) is 34.9 Å². The van der Waals surface area contributed by atoms with Gasteiger partial charge >= 0.3 is 0 Å². The van der Waals surface area contributed by atoms with Crippen LogP contribution in [0.25, 0.3) is 16.9 Å². The molecule has 1 aromatic carbocycles. The summed E-state index contributed by atoms with van der Waals surface area (Å²) >= 11 is 12.9. The molecule has 0 saturated carbocycles. The third kappa shape index (κ3) is 2.50. The molecule has 0 fully saturated rings. The van der Waals surface area contributed by atoms with Gasteiger partial charge in [0.2, 0.25) is 0 Å². The van der Waals surface area contributed by atoms with E-state index in [2.05, 4.69) is 41.8 Å². The van der Waals surface area contributed by atoms with Crippen LogP contribution in [-0.4, -0.2) is 20.4 Å². The van der Waals surface area contributed by atoms with Gasteiger partial charge in [-0.1, -0.05) is 12.1 Å². The molecule has 0 bridgehead atoms. The van der Waals surface area contributed by atoms with Gasteiger partial charge in [-0.3, -0.25) is 4.57 Å². The first-order valence-electron chi connectivity index (χ1n) is 6.04. The van der Waals surface area contributed by atoms with Crippen molar-refractivity contribution in [1.82, 2.24) is 14.5 Å². The minimum Gasteiger partial charge on any atom is -0.280 e. The Kier molecular flexibility index (Phi) is 4.10. The average molecular weight is 416 g/mol. The zero-order valence-corrected chi connectivity index (χ0v) is 14.3. The highest BCUT2D eigenvalue weighted by molar-refractivity contribution is 9.10. The Morgan fingerprint density at radius 3 is 2.75 bits per heavy atom. The molecule has 0 N–H and O–H groups in total. The van der Waals surface area contributed by atoms with Crippen molar-refractivity contribution in [3.05, 3.63) is 51.3 Å². The van der Waals surface area contributed by atoms with Gasteiger partial charge in [-0.05, 0) is 50.1 Å². The number of hydrogen-bond donors (Lipinski definition) is 0. The third-order valence-electron chi connectivity index (χ3n) is 2.94. The van der Waals surface area contributed by atoms with Gasteiger partial charge in [-0.25, -0.2) is 9.97 Å². The Labute approximate surface area is 138 Å². The summed E-state index contributed by atoms with van der Waals surface area (Å²) in [7, 11) is 0. The number of fused-ring (bicyclic) bond motifs is 1. The van der Waals surface area contributed by atoms with Crippen LogP contribution < -0.4 is 0 Å². The predicted octanol–water partition coefficient (Wildman–Crippen LogP) is 4.73. The highest BCUT2D eigenvalue weighted by Crippen LogP contribution is 2.27. The smallest absolute Gasteiger partial charge is 0.164 e. The first kappa shape index (κ1) is 14.0. The van der Waals surface area contributed by atoms with Crippen molar-refractivity contribution >= 4 is 54.6 Å². The number of benzene rings is 1. The standard InChI is InChI=1S/C14H10Br2ClN3/c15-9-7-11-14(18-8-9)20(13(19-11)5-6-17)12-4-2-1-3-10(12)16/h1-4,7-8H,5-6H2. The normalized spacial score (nSPS) is 11.2. The number of aryl methyl sites for hydroxylation is 1. The fourth-order valence-electron chi connectivity index (χ4n) is 2.13. The van der Waals surface area contributed by atoms with Crippen LogP contribution in [0.5, 0.6) is 0 Å². The van der Waals surface area contributed by atoms with E-state index in [0.29, 0.717) is 12.3 Å². The molecule has 0 atom stereocenters. The summed E-state index contributed by atoms with van der Waals surface area (Å²) in [6, 6.07) is 9.98. The van der Waals surface area contributed by atoms with Crippen molar-refractivity contribution in [2.75, 3.05) is 5.88 Å². The van der Waals surface area contributed by atoms with E-state index in [1.165, 1.54) is 0 Å². The molecule has 3 aromatic rings. The summed E-state index contributed by atoms with van der Waals surface area (Å²) in [5.41, 5.74) is 2.71. The SMILES string of the molecule is ClCCc1nc2cc(Br)cnc2n1-c1ccccc1Br. The number of imidazole rings is 1. The highest BCUT2D eigenvalue weighted by Gasteiger charge is 2.15. The van der Waals surface area contributed by atoms with Crippen LogP contribution in [0, 0.1) is 0 Å². The zero-order chi connectivity index (χ0) is 14.1. The lowest BCUT2D eigenvalue weighted by Gasteiger charge is -2.09. The van der Waals surface area contributed by atoms with E-state index in [9.17, 15) is 0 Å². The van der Waals surface area contributed by atoms with E-state index in [-0.39, 0.29) is 0 Å². The Hall–Kier alpha value is -0.910. The van der Waals surface area contributed by atoms with Crippen molar-refractivity contribution in [3.8, 4) is 5.69 Å². The van der Waals surface area contributed by atoms with Gasteiger partial charge in [0, 0.05) is 27.4 Å². The predicted molar refractivity (Wildman–Crippen MR) is 88.7 cm³/mol. The molecule has 0 radical (unpaired) electrons. The molecule has 0 aliphatic heterocycles. The minimum atomic E-state index is 0.523. The van der Waals surface area contributed by atoms with Gasteiger partial charge < -0.3 is 0 Å². The van der Waals surface area contributed by atoms with E-state index < -0.39 is 0 Å². The summed E-state index contributed by atoms with van der Waals surface area (Å²) in [6.07, 6.45) is 2.47. The molecular weight excluding hydrogens is 405 g/mol. The number of halogens is 3. The van der Waals surface area contributed by atoms with Gasteiger partial charge in [0.1, 0.15) is 11.3 Å². The molecule has 0 amide bonds. The second-order valence-electron chi connectivity index (χ2n) is 4.25. The summed E-state index contributed by atoms with van der Waals surface area (Å²) in [6.45, 7) is 0. The number of rotatable bonds is 3. The van der Waals surface area contributed by atoms with Crippen LogP contribution in [0.15, 0.2) is 45.5 Å². The van der Waals surface area contributed by atoms with Gasteiger partial charge in [0.15, 0.2) is 5.65 Å². The van der Waals surface area contributed by atoms with E-state index in [1.54, 1.807) is 6.20 Å². The molecule has 2 heterocycles. The van der Waals surface area contributed by atoms with Gasteiger partial charge in [-0.15, -0.1) is 11.6 Å². The van der Waals surface area contributed by atoms with E-state index in [4.69, 9.17) is 11.6 Å². The lowest BCUT2D eigenvalue weighted by atomic mass is 10.3. The molecule has 0 aliphatic rings. The van der Waals surface area contributed by atoms with Gasteiger partial charge in [0.05, 0.1) is 5.69 Å². The largest absolute Gasteiger partial charge is 0.280 e. The first-order valence-corrected chi connectivity index (χ1v) is 8.16. The second-order valence-corrected chi connectivity index (χ2v) is 6.40. The summed E-state index contributed by atoms with van der Waals surface area (Å²) < 4.78 is 3.97. The lowest BCUT2D eigenvalue weighted by molar-refractivity contribution is 0.902. The molecule has 0 unspecified atom stereocenters. The van der Waals surface area contributed by atoms with Crippen molar-refractivity contribution < 1.29 is 0 Å². The number of pyridine rings is 1. The quantitative estimate of drug-likeness (QED) is 0.579. The lowest BCUT2D eigenvalue weighted by Crippen LogP contribution is -2.03. The number of hydrogen-bond acceptors (Lipinski definition) is 2. The second kappa shape index (κ2) is 5.84. The maximum Gasteiger partial charge on any atom is 0.164 e. The molecule has 0 saturated heterocycles. The molecule has 3 nitrogen and oxygen atoms in total. The van der Waals surface area contributed by atoms with Gasteiger partial charge in [-0.2, -0.15) is 0 Å². The minimum absolute atomic E-state index is 0.523. The van der Waals surface area contributed by atoms with Crippen molar-refractivity contribution in [2.24, 2.45) is 0 Å². The molecule has 3 rings (SSSR count). The number of aromatic nitrogens is 3. The van der Waals surface area contributed by atoms with Crippen LogP contribution in [0.2, 0.25) is 0 Å². The molecule has 0 aliphatic carbocycles. The molecule has 102 valence electrons. The molecule has 2 aromatic heterocycles. The Bertz CT molecular complexity index is 770. The van der Waals surface area contributed by atoms with E-state index >= 15 is 0 Å². The zero-order valence-electron chi connectivity index (χ0n) is 10.4. The fraction of sp³-hybridized carbons (Fsp3) is 0.143. The average Bonchev–Trinajstić information content (AvgIpc) is 2.77.